The maximum atomic E-state index is 11.6. The van der Waals surface area contributed by atoms with Crippen molar-refractivity contribution in [3.8, 4) is 0 Å². The first-order valence-corrected chi connectivity index (χ1v) is 5.69. The van der Waals surface area contributed by atoms with E-state index in [1.807, 2.05) is 6.92 Å². The van der Waals surface area contributed by atoms with Crippen LogP contribution in [-0.2, 0) is 9.53 Å². The maximum Gasteiger partial charge on any atom is 0.339 e. The highest BCUT2D eigenvalue weighted by atomic mass is 16.5. The number of aromatic carboxylic acids is 1. The number of methoxy groups -OCH3 is 1. The molecular weight excluding hydrogens is 236 g/mol. The molecule has 18 heavy (non-hydrogen) atoms. The second kappa shape index (κ2) is 6.20. The molecule has 1 rings (SSSR count). The first kappa shape index (κ1) is 14.2. The van der Waals surface area contributed by atoms with E-state index in [4.69, 9.17) is 9.84 Å². The van der Waals surface area contributed by atoms with Gasteiger partial charge in [-0.05, 0) is 20.3 Å². The van der Waals surface area contributed by atoms with Gasteiger partial charge in [0.15, 0.2) is 0 Å². The average Bonchev–Trinajstić information content (AvgIpc) is 2.67. The quantitative estimate of drug-likeness (QED) is 0.721. The second-order valence-electron chi connectivity index (χ2n) is 4.14. The lowest BCUT2D eigenvalue weighted by Gasteiger charge is -2.09. The molecule has 1 amide bonds. The summed E-state index contributed by atoms with van der Waals surface area (Å²) in [6.07, 6.45) is 2.37. The van der Waals surface area contributed by atoms with E-state index in [2.05, 4.69) is 10.3 Å². The van der Waals surface area contributed by atoms with Crippen LogP contribution < -0.4 is 5.32 Å². The fourth-order valence-electron chi connectivity index (χ4n) is 1.57. The van der Waals surface area contributed by atoms with Crippen LogP contribution in [0.3, 0.4) is 0 Å². The standard InChI is InChI=1S/C12H18N2O4/c1-7(18-3)4-5-10(15)14-9-6-13-8(2)11(9)12(16)17/h6-7,13H,4-5H2,1-3H3,(H,14,15)(H,16,17). The molecule has 0 aliphatic heterocycles. The van der Waals surface area contributed by atoms with E-state index in [0.29, 0.717) is 17.8 Å². The Morgan fingerprint density at radius 2 is 2.22 bits per heavy atom. The Labute approximate surface area is 105 Å². The van der Waals surface area contributed by atoms with Gasteiger partial charge in [0.25, 0.3) is 0 Å². The minimum atomic E-state index is -1.06. The highest BCUT2D eigenvalue weighted by Crippen LogP contribution is 2.19. The summed E-state index contributed by atoms with van der Waals surface area (Å²) < 4.78 is 5.04. The minimum Gasteiger partial charge on any atom is -0.478 e. The summed E-state index contributed by atoms with van der Waals surface area (Å²) in [6, 6.07) is 0. The van der Waals surface area contributed by atoms with Gasteiger partial charge in [-0.25, -0.2) is 4.79 Å². The number of aromatic nitrogens is 1. The topological polar surface area (TPSA) is 91.4 Å². The highest BCUT2D eigenvalue weighted by Gasteiger charge is 2.17. The van der Waals surface area contributed by atoms with Crippen LogP contribution in [0.4, 0.5) is 5.69 Å². The number of aromatic amines is 1. The smallest absolute Gasteiger partial charge is 0.339 e. The molecule has 0 aromatic carbocycles. The van der Waals surface area contributed by atoms with E-state index in [-0.39, 0.29) is 24.0 Å². The number of carbonyl (C=O) groups is 2. The lowest BCUT2D eigenvalue weighted by Crippen LogP contribution is -2.16. The predicted octanol–water partition coefficient (Wildman–Crippen LogP) is 1.77. The molecule has 0 aliphatic carbocycles. The highest BCUT2D eigenvalue weighted by molar-refractivity contribution is 6.01. The van der Waals surface area contributed by atoms with Gasteiger partial charge in [0.1, 0.15) is 5.56 Å². The lowest BCUT2D eigenvalue weighted by atomic mass is 10.2. The van der Waals surface area contributed by atoms with Crippen molar-refractivity contribution in [2.75, 3.05) is 12.4 Å². The third-order valence-electron chi connectivity index (χ3n) is 2.75. The van der Waals surface area contributed by atoms with Gasteiger partial charge < -0.3 is 20.1 Å². The third-order valence-corrected chi connectivity index (χ3v) is 2.75. The SMILES string of the molecule is COC(C)CCC(=O)Nc1c[nH]c(C)c1C(=O)O. The zero-order chi connectivity index (χ0) is 13.7. The first-order chi connectivity index (χ1) is 8.45. The number of hydrogen-bond acceptors (Lipinski definition) is 3. The maximum absolute atomic E-state index is 11.6. The van der Waals surface area contributed by atoms with Crippen LogP contribution in [0, 0.1) is 6.92 Å². The molecule has 1 unspecified atom stereocenters. The summed E-state index contributed by atoms with van der Waals surface area (Å²) >= 11 is 0. The van der Waals surface area contributed by atoms with Gasteiger partial charge in [-0.1, -0.05) is 0 Å². The van der Waals surface area contributed by atoms with Gasteiger partial charge in [-0.3, -0.25) is 4.79 Å². The number of H-pyrrole nitrogens is 1. The Morgan fingerprint density at radius 1 is 1.56 bits per heavy atom. The average molecular weight is 254 g/mol. The number of rotatable bonds is 6. The second-order valence-corrected chi connectivity index (χ2v) is 4.14. The molecule has 1 aromatic rings. The zero-order valence-corrected chi connectivity index (χ0v) is 10.7. The number of nitrogens with one attached hydrogen (secondary N) is 2. The van der Waals surface area contributed by atoms with Gasteiger partial charge in [-0.15, -0.1) is 0 Å². The van der Waals surface area contributed by atoms with Gasteiger partial charge >= 0.3 is 5.97 Å². The molecule has 1 atom stereocenters. The number of anilines is 1. The number of ether oxygens (including phenoxy) is 1. The van der Waals surface area contributed by atoms with Crippen LogP contribution in [0.15, 0.2) is 6.20 Å². The number of carbonyl (C=O) groups excluding carboxylic acids is 1. The molecule has 0 saturated carbocycles. The molecule has 0 radical (unpaired) electrons. The molecule has 0 fully saturated rings. The van der Waals surface area contributed by atoms with E-state index >= 15 is 0 Å². The van der Waals surface area contributed by atoms with E-state index in [1.165, 1.54) is 6.20 Å². The minimum absolute atomic E-state index is 0.00246. The number of carboxylic acids is 1. The fraction of sp³-hybridized carbons (Fsp3) is 0.500. The first-order valence-electron chi connectivity index (χ1n) is 5.69. The third kappa shape index (κ3) is 3.59. The van der Waals surface area contributed by atoms with E-state index in [9.17, 15) is 9.59 Å². The molecule has 6 nitrogen and oxygen atoms in total. The lowest BCUT2D eigenvalue weighted by molar-refractivity contribution is -0.116. The van der Waals surface area contributed by atoms with Crippen molar-refractivity contribution < 1.29 is 19.4 Å². The Bertz CT molecular complexity index is 439. The summed E-state index contributed by atoms with van der Waals surface area (Å²) in [5.74, 6) is -1.28. The molecule has 0 aliphatic rings. The number of amides is 1. The normalized spacial score (nSPS) is 12.2. The van der Waals surface area contributed by atoms with Crippen LogP contribution >= 0.6 is 0 Å². The number of hydrogen-bond donors (Lipinski definition) is 3. The number of carboxylic acid groups (broad SMARTS) is 1. The molecule has 1 heterocycles. The predicted molar refractivity (Wildman–Crippen MR) is 66.8 cm³/mol. The van der Waals surface area contributed by atoms with E-state index < -0.39 is 5.97 Å². The largest absolute Gasteiger partial charge is 0.478 e. The van der Waals surface area contributed by atoms with E-state index in [1.54, 1.807) is 14.0 Å². The summed E-state index contributed by atoms with van der Waals surface area (Å²) in [6.45, 7) is 3.52. The summed E-state index contributed by atoms with van der Waals surface area (Å²) in [5, 5.41) is 11.6. The van der Waals surface area contributed by atoms with Crippen molar-refractivity contribution in [1.82, 2.24) is 4.98 Å². The Kier molecular flexibility index (Phi) is 4.91. The fourth-order valence-corrected chi connectivity index (χ4v) is 1.57. The Hall–Kier alpha value is -1.82. The van der Waals surface area contributed by atoms with Crippen LogP contribution in [0.2, 0.25) is 0 Å². The van der Waals surface area contributed by atoms with Crippen molar-refractivity contribution in [2.24, 2.45) is 0 Å². The van der Waals surface area contributed by atoms with Crippen LogP contribution in [0.1, 0.15) is 35.8 Å². The van der Waals surface area contributed by atoms with Crippen molar-refractivity contribution in [1.29, 1.82) is 0 Å². The molecule has 0 bridgehead atoms. The summed E-state index contributed by atoms with van der Waals surface area (Å²) in [7, 11) is 1.58. The molecule has 1 aromatic heterocycles. The van der Waals surface area contributed by atoms with Crippen LogP contribution in [0.5, 0.6) is 0 Å². The molecule has 100 valence electrons. The van der Waals surface area contributed by atoms with Crippen molar-refractivity contribution in [3.63, 3.8) is 0 Å². The molecule has 6 heteroatoms. The zero-order valence-electron chi connectivity index (χ0n) is 10.7. The van der Waals surface area contributed by atoms with Crippen molar-refractivity contribution in [3.05, 3.63) is 17.5 Å². The van der Waals surface area contributed by atoms with Crippen molar-refractivity contribution in [2.45, 2.75) is 32.8 Å². The molecular formula is C12H18N2O4. The molecule has 3 N–H and O–H groups in total. The number of aryl methyl sites for hydroxylation is 1. The van der Waals surface area contributed by atoms with Gasteiger partial charge in [0, 0.05) is 25.4 Å². The molecule has 0 spiro atoms. The Morgan fingerprint density at radius 3 is 2.78 bits per heavy atom. The van der Waals surface area contributed by atoms with Gasteiger partial charge in [0.2, 0.25) is 5.91 Å². The Balaban J connectivity index is 2.62. The van der Waals surface area contributed by atoms with Crippen molar-refractivity contribution >= 4 is 17.6 Å². The van der Waals surface area contributed by atoms with Crippen LogP contribution in [0.25, 0.3) is 0 Å². The monoisotopic (exact) mass is 254 g/mol. The van der Waals surface area contributed by atoms with Gasteiger partial charge in [0.05, 0.1) is 11.8 Å². The van der Waals surface area contributed by atoms with Crippen LogP contribution in [-0.4, -0.2) is 35.2 Å². The van der Waals surface area contributed by atoms with Gasteiger partial charge in [-0.2, -0.15) is 0 Å². The van der Waals surface area contributed by atoms with E-state index in [0.717, 1.165) is 0 Å². The molecule has 0 saturated heterocycles. The summed E-state index contributed by atoms with van der Waals surface area (Å²) in [5.41, 5.74) is 0.918. The summed E-state index contributed by atoms with van der Waals surface area (Å²) in [4.78, 5) is 25.4.